The standard InChI is InChI=1S/C15H26N2O2/c1-12-4-6-14(7-5-12)15(13(2)16)17(8-10-18)9-11-19-3/h4-7,13,15,18H,8-11,16H2,1-3H3. The third kappa shape index (κ3) is 4.91. The SMILES string of the molecule is COCCN(CCO)C(c1ccc(C)cc1)C(C)N. The van der Waals surface area contributed by atoms with Crippen LogP contribution in [0.5, 0.6) is 0 Å². The molecule has 4 nitrogen and oxygen atoms in total. The van der Waals surface area contributed by atoms with Gasteiger partial charge in [-0.15, -0.1) is 0 Å². The molecular weight excluding hydrogens is 240 g/mol. The van der Waals surface area contributed by atoms with Crippen LogP contribution in [0.25, 0.3) is 0 Å². The third-order valence-corrected chi connectivity index (χ3v) is 3.28. The molecule has 3 N–H and O–H groups in total. The maximum atomic E-state index is 9.23. The second-order valence-electron chi connectivity index (χ2n) is 4.97. The molecule has 4 heteroatoms. The van der Waals surface area contributed by atoms with E-state index in [0.717, 1.165) is 6.54 Å². The maximum Gasteiger partial charge on any atom is 0.0589 e. The molecule has 0 fully saturated rings. The molecule has 0 aliphatic heterocycles. The molecule has 0 aliphatic rings. The number of methoxy groups -OCH3 is 1. The van der Waals surface area contributed by atoms with Gasteiger partial charge in [0.05, 0.1) is 13.2 Å². The molecule has 0 amide bonds. The summed E-state index contributed by atoms with van der Waals surface area (Å²) in [6.45, 7) is 6.19. The van der Waals surface area contributed by atoms with Crippen molar-refractivity contribution >= 4 is 0 Å². The van der Waals surface area contributed by atoms with Crippen molar-refractivity contribution < 1.29 is 9.84 Å². The highest BCUT2D eigenvalue weighted by molar-refractivity contribution is 5.25. The van der Waals surface area contributed by atoms with Crippen LogP contribution in [0.15, 0.2) is 24.3 Å². The Bertz CT molecular complexity index is 352. The fraction of sp³-hybridized carbons (Fsp3) is 0.600. The average molecular weight is 266 g/mol. The normalized spacial score (nSPS) is 14.6. The van der Waals surface area contributed by atoms with Gasteiger partial charge in [-0.05, 0) is 19.4 Å². The lowest BCUT2D eigenvalue weighted by atomic mass is 9.98. The number of aryl methyl sites for hydroxylation is 1. The highest BCUT2D eigenvalue weighted by atomic mass is 16.5. The second kappa shape index (κ2) is 8.27. The Morgan fingerprint density at radius 3 is 2.37 bits per heavy atom. The number of aliphatic hydroxyl groups excluding tert-OH is 1. The summed E-state index contributed by atoms with van der Waals surface area (Å²) in [7, 11) is 1.68. The summed E-state index contributed by atoms with van der Waals surface area (Å²) in [5, 5.41) is 9.23. The topological polar surface area (TPSA) is 58.7 Å². The third-order valence-electron chi connectivity index (χ3n) is 3.28. The molecular formula is C15H26N2O2. The Kier molecular flexibility index (Phi) is 7.02. The van der Waals surface area contributed by atoms with Gasteiger partial charge in [0.1, 0.15) is 0 Å². The van der Waals surface area contributed by atoms with Crippen molar-refractivity contribution in [2.24, 2.45) is 5.73 Å². The molecule has 2 atom stereocenters. The Labute approximate surface area is 116 Å². The highest BCUT2D eigenvalue weighted by Gasteiger charge is 2.23. The first kappa shape index (κ1) is 16.1. The zero-order valence-electron chi connectivity index (χ0n) is 12.2. The van der Waals surface area contributed by atoms with Gasteiger partial charge in [0, 0.05) is 32.3 Å². The number of benzene rings is 1. The maximum absolute atomic E-state index is 9.23. The van der Waals surface area contributed by atoms with Crippen molar-refractivity contribution in [1.29, 1.82) is 0 Å². The zero-order chi connectivity index (χ0) is 14.3. The molecule has 0 bridgehead atoms. The van der Waals surface area contributed by atoms with E-state index >= 15 is 0 Å². The van der Waals surface area contributed by atoms with Gasteiger partial charge in [-0.3, -0.25) is 4.90 Å². The van der Waals surface area contributed by atoms with Gasteiger partial charge in [-0.1, -0.05) is 29.8 Å². The number of rotatable bonds is 8. The molecule has 2 unspecified atom stereocenters. The van der Waals surface area contributed by atoms with E-state index < -0.39 is 0 Å². The van der Waals surface area contributed by atoms with Crippen molar-refractivity contribution in [1.82, 2.24) is 4.90 Å². The van der Waals surface area contributed by atoms with E-state index in [1.54, 1.807) is 7.11 Å². The number of hydrogen-bond acceptors (Lipinski definition) is 4. The van der Waals surface area contributed by atoms with Gasteiger partial charge in [0.25, 0.3) is 0 Å². The second-order valence-corrected chi connectivity index (χ2v) is 4.97. The molecule has 108 valence electrons. The number of ether oxygens (including phenoxy) is 1. The summed E-state index contributed by atoms with van der Waals surface area (Å²) in [6.07, 6.45) is 0. The molecule has 19 heavy (non-hydrogen) atoms. The number of hydrogen-bond donors (Lipinski definition) is 2. The van der Waals surface area contributed by atoms with Gasteiger partial charge in [-0.2, -0.15) is 0 Å². The zero-order valence-corrected chi connectivity index (χ0v) is 12.2. The van der Waals surface area contributed by atoms with Gasteiger partial charge < -0.3 is 15.6 Å². The summed E-state index contributed by atoms with van der Waals surface area (Å²) in [5.41, 5.74) is 8.56. The van der Waals surface area contributed by atoms with E-state index in [1.165, 1.54) is 11.1 Å². The molecule has 1 rings (SSSR count). The average Bonchev–Trinajstić information content (AvgIpc) is 2.38. The van der Waals surface area contributed by atoms with Gasteiger partial charge in [0.2, 0.25) is 0 Å². The minimum absolute atomic E-state index is 0.00823. The molecule has 0 spiro atoms. The van der Waals surface area contributed by atoms with Crippen LogP contribution >= 0.6 is 0 Å². The summed E-state index contributed by atoms with van der Waals surface area (Å²) >= 11 is 0. The van der Waals surface area contributed by atoms with Crippen LogP contribution in [-0.2, 0) is 4.74 Å². The van der Waals surface area contributed by atoms with Crippen LogP contribution in [0.4, 0.5) is 0 Å². The first-order chi connectivity index (χ1) is 9.10. The van der Waals surface area contributed by atoms with E-state index in [1.807, 2.05) is 6.92 Å². The molecule has 1 aromatic rings. The number of nitrogens with zero attached hydrogens (tertiary/aromatic N) is 1. The molecule has 0 saturated carbocycles. The fourth-order valence-corrected chi connectivity index (χ4v) is 2.34. The summed E-state index contributed by atoms with van der Waals surface area (Å²) in [6, 6.07) is 8.51. The molecule has 0 saturated heterocycles. The Morgan fingerprint density at radius 2 is 1.89 bits per heavy atom. The summed E-state index contributed by atoms with van der Waals surface area (Å²) < 4.78 is 5.14. The minimum atomic E-state index is -0.00823. The monoisotopic (exact) mass is 266 g/mol. The molecule has 0 heterocycles. The van der Waals surface area contributed by atoms with E-state index in [2.05, 4.69) is 36.1 Å². The van der Waals surface area contributed by atoms with E-state index in [9.17, 15) is 5.11 Å². The van der Waals surface area contributed by atoms with Gasteiger partial charge in [-0.25, -0.2) is 0 Å². The fourth-order valence-electron chi connectivity index (χ4n) is 2.34. The Balaban J connectivity index is 2.92. The van der Waals surface area contributed by atoms with Crippen LogP contribution in [0.2, 0.25) is 0 Å². The van der Waals surface area contributed by atoms with Crippen LogP contribution < -0.4 is 5.73 Å². The van der Waals surface area contributed by atoms with E-state index in [0.29, 0.717) is 13.2 Å². The van der Waals surface area contributed by atoms with Crippen LogP contribution in [-0.4, -0.2) is 49.5 Å². The largest absolute Gasteiger partial charge is 0.395 e. The van der Waals surface area contributed by atoms with Crippen LogP contribution in [0.1, 0.15) is 24.1 Å². The van der Waals surface area contributed by atoms with E-state index in [4.69, 9.17) is 10.5 Å². The van der Waals surface area contributed by atoms with Gasteiger partial charge in [0.15, 0.2) is 0 Å². The summed E-state index contributed by atoms with van der Waals surface area (Å²) in [5.74, 6) is 0. The van der Waals surface area contributed by atoms with Crippen LogP contribution in [0.3, 0.4) is 0 Å². The molecule has 0 radical (unpaired) electrons. The first-order valence-corrected chi connectivity index (χ1v) is 6.76. The van der Waals surface area contributed by atoms with Crippen molar-refractivity contribution in [2.75, 3.05) is 33.4 Å². The Hall–Kier alpha value is -0.940. The minimum Gasteiger partial charge on any atom is -0.395 e. The highest BCUT2D eigenvalue weighted by Crippen LogP contribution is 2.23. The van der Waals surface area contributed by atoms with E-state index in [-0.39, 0.29) is 18.7 Å². The number of aliphatic hydroxyl groups is 1. The van der Waals surface area contributed by atoms with Crippen molar-refractivity contribution in [3.05, 3.63) is 35.4 Å². The lowest BCUT2D eigenvalue weighted by Crippen LogP contribution is -2.42. The predicted molar refractivity (Wildman–Crippen MR) is 78.1 cm³/mol. The smallest absolute Gasteiger partial charge is 0.0589 e. The number of nitrogens with two attached hydrogens (primary N) is 1. The molecule has 0 aliphatic carbocycles. The molecule has 0 aromatic heterocycles. The van der Waals surface area contributed by atoms with Crippen molar-refractivity contribution in [3.8, 4) is 0 Å². The van der Waals surface area contributed by atoms with Crippen molar-refractivity contribution in [3.63, 3.8) is 0 Å². The lowest BCUT2D eigenvalue weighted by Gasteiger charge is -2.34. The van der Waals surface area contributed by atoms with Crippen molar-refractivity contribution in [2.45, 2.75) is 25.9 Å². The lowest BCUT2D eigenvalue weighted by molar-refractivity contribution is 0.0928. The van der Waals surface area contributed by atoms with Gasteiger partial charge >= 0.3 is 0 Å². The quantitative estimate of drug-likeness (QED) is 0.745. The first-order valence-electron chi connectivity index (χ1n) is 6.76. The predicted octanol–water partition coefficient (Wildman–Crippen LogP) is 1.32. The Morgan fingerprint density at radius 1 is 1.26 bits per heavy atom. The van der Waals surface area contributed by atoms with Crippen LogP contribution in [0, 0.1) is 6.92 Å². The molecule has 1 aromatic carbocycles. The summed E-state index contributed by atoms with van der Waals surface area (Å²) in [4.78, 5) is 2.18.